The quantitative estimate of drug-likeness (QED) is 0.459. The van der Waals surface area contributed by atoms with Crippen LogP contribution in [0.2, 0.25) is 5.15 Å². The number of nitrogens with one attached hydrogen (secondary N) is 1. The van der Waals surface area contributed by atoms with Crippen LogP contribution in [0.15, 0.2) is 48.8 Å². The molecule has 0 saturated carbocycles. The summed E-state index contributed by atoms with van der Waals surface area (Å²) in [6, 6.07) is 14.4. The Labute approximate surface area is 226 Å². The molecule has 0 spiro atoms. The van der Waals surface area contributed by atoms with Crippen LogP contribution < -0.4 is 10.1 Å². The lowest BCUT2D eigenvalue weighted by Gasteiger charge is -2.47. The minimum absolute atomic E-state index is 0.0968. The zero-order chi connectivity index (χ0) is 27.2. The number of halogens is 1. The van der Waals surface area contributed by atoms with E-state index in [1.54, 1.807) is 18.1 Å². The molecule has 2 amide bonds. The van der Waals surface area contributed by atoms with Crippen LogP contribution in [-0.2, 0) is 11.3 Å². The van der Waals surface area contributed by atoms with Crippen LogP contribution in [0.25, 0.3) is 11.4 Å². The second-order valence-corrected chi connectivity index (χ2v) is 9.27. The van der Waals surface area contributed by atoms with Crippen LogP contribution in [0, 0.1) is 11.3 Å². The number of pyridine rings is 1. The van der Waals surface area contributed by atoms with Crippen LogP contribution in [0.4, 0.5) is 0 Å². The Morgan fingerprint density at radius 1 is 1.16 bits per heavy atom. The number of hydrogen-bond donors (Lipinski definition) is 1. The van der Waals surface area contributed by atoms with Crippen LogP contribution in [0.5, 0.6) is 5.75 Å². The molecule has 1 saturated heterocycles. The molecule has 38 heavy (non-hydrogen) atoms. The van der Waals surface area contributed by atoms with E-state index in [1.165, 1.54) is 26.4 Å². The number of rotatable bonds is 7. The van der Waals surface area contributed by atoms with Crippen molar-refractivity contribution >= 4 is 23.4 Å². The molecule has 11 heteroatoms. The fourth-order valence-electron chi connectivity index (χ4n) is 4.77. The van der Waals surface area contributed by atoms with Crippen LogP contribution in [0.3, 0.4) is 0 Å². The van der Waals surface area contributed by atoms with Gasteiger partial charge in [-0.05, 0) is 41.5 Å². The Hall–Kier alpha value is -4.07. The standard InChI is InChI=1S/C27H28ClN7O3/c1-17(36)35-11-10-34(15-18-4-6-20(38-3)7-5-18)24(8-9-29)26(35)19-12-22(33-25(28)13-19)21-14-23(27(37)30-2)32-16-31-21/h4-7,12-14,16,24,26H,8,10-11,15H2,1-3H3,(H,30,37)/t24-,26-/m1/s1. The summed E-state index contributed by atoms with van der Waals surface area (Å²) >= 11 is 6.47. The van der Waals surface area contributed by atoms with Crippen molar-refractivity contribution in [2.45, 2.75) is 32.0 Å². The molecule has 2 atom stereocenters. The van der Waals surface area contributed by atoms with E-state index in [-0.39, 0.29) is 35.1 Å². The molecular weight excluding hydrogens is 506 g/mol. The van der Waals surface area contributed by atoms with Crippen molar-refractivity contribution in [3.05, 3.63) is 70.8 Å². The third kappa shape index (κ3) is 5.90. The number of hydrogen-bond acceptors (Lipinski definition) is 8. The van der Waals surface area contributed by atoms with E-state index >= 15 is 0 Å². The van der Waals surface area contributed by atoms with Crippen molar-refractivity contribution in [3.63, 3.8) is 0 Å². The first-order chi connectivity index (χ1) is 18.3. The lowest BCUT2D eigenvalue weighted by Crippen LogP contribution is -2.55. The van der Waals surface area contributed by atoms with E-state index in [0.29, 0.717) is 31.0 Å². The molecule has 1 aliphatic heterocycles. The van der Waals surface area contributed by atoms with Gasteiger partial charge in [0.25, 0.3) is 5.91 Å². The Morgan fingerprint density at radius 2 is 1.92 bits per heavy atom. The molecule has 4 rings (SSSR count). The van der Waals surface area contributed by atoms with Gasteiger partial charge in [0, 0.05) is 39.6 Å². The van der Waals surface area contributed by atoms with Crippen molar-refractivity contribution in [3.8, 4) is 23.2 Å². The molecule has 0 bridgehead atoms. The number of methoxy groups -OCH3 is 1. The lowest BCUT2D eigenvalue weighted by atomic mass is 9.91. The third-order valence-electron chi connectivity index (χ3n) is 6.59. The van der Waals surface area contributed by atoms with Gasteiger partial charge in [-0.25, -0.2) is 15.0 Å². The Bertz CT molecular complexity index is 1360. The second-order valence-electron chi connectivity index (χ2n) is 8.88. The summed E-state index contributed by atoms with van der Waals surface area (Å²) in [6.45, 7) is 3.23. The van der Waals surface area contributed by atoms with Gasteiger partial charge in [-0.3, -0.25) is 14.5 Å². The molecule has 1 fully saturated rings. The molecule has 1 aromatic carbocycles. The minimum Gasteiger partial charge on any atom is -0.497 e. The Kier molecular flexibility index (Phi) is 8.51. The summed E-state index contributed by atoms with van der Waals surface area (Å²) in [5.74, 6) is 0.319. The fourth-order valence-corrected chi connectivity index (χ4v) is 4.99. The summed E-state index contributed by atoms with van der Waals surface area (Å²) in [5.41, 5.74) is 2.85. The molecule has 0 aliphatic carbocycles. The number of aromatic nitrogens is 3. The van der Waals surface area contributed by atoms with Gasteiger partial charge in [-0.2, -0.15) is 5.26 Å². The average Bonchev–Trinajstić information content (AvgIpc) is 2.93. The summed E-state index contributed by atoms with van der Waals surface area (Å²) < 4.78 is 5.27. The number of carbonyl (C=O) groups excluding carboxylic acids is 2. The zero-order valence-corrected chi connectivity index (χ0v) is 22.1. The maximum absolute atomic E-state index is 12.8. The Balaban J connectivity index is 1.74. The van der Waals surface area contributed by atoms with Gasteiger partial charge in [-0.1, -0.05) is 23.7 Å². The van der Waals surface area contributed by atoms with Crippen molar-refractivity contribution in [1.29, 1.82) is 5.26 Å². The van der Waals surface area contributed by atoms with E-state index in [4.69, 9.17) is 16.3 Å². The van der Waals surface area contributed by atoms with Crippen LogP contribution >= 0.6 is 11.6 Å². The third-order valence-corrected chi connectivity index (χ3v) is 6.79. The molecule has 0 radical (unpaired) electrons. The molecule has 3 heterocycles. The van der Waals surface area contributed by atoms with E-state index in [9.17, 15) is 14.9 Å². The first-order valence-corrected chi connectivity index (χ1v) is 12.5. The SMILES string of the molecule is CNC(=O)c1cc(-c2cc([C@@H]3[C@@H](CC#N)N(Cc4ccc(OC)cc4)CCN3C(C)=O)cc(Cl)n2)ncn1. The maximum atomic E-state index is 12.8. The Morgan fingerprint density at radius 3 is 2.58 bits per heavy atom. The summed E-state index contributed by atoms with van der Waals surface area (Å²) in [4.78, 5) is 41.6. The second kappa shape index (κ2) is 12.0. The van der Waals surface area contributed by atoms with Crippen molar-refractivity contribution in [2.75, 3.05) is 27.2 Å². The monoisotopic (exact) mass is 533 g/mol. The molecule has 0 unspecified atom stereocenters. The van der Waals surface area contributed by atoms with Crippen LogP contribution in [-0.4, -0.2) is 69.9 Å². The van der Waals surface area contributed by atoms with Gasteiger partial charge < -0.3 is 15.0 Å². The fraction of sp³-hybridized carbons (Fsp3) is 0.333. The van der Waals surface area contributed by atoms with Crippen molar-refractivity contribution in [2.24, 2.45) is 0 Å². The smallest absolute Gasteiger partial charge is 0.269 e. The summed E-state index contributed by atoms with van der Waals surface area (Å²) in [7, 11) is 3.14. The van der Waals surface area contributed by atoms with E-state index < -0.39 is 6.04 Å². The largest absolute Gasteiger partial charge is 0.497 e. The maximum Gasteiger partial charge on any atom is 0.269 e. The summed E-state index contributed by atoms with van der Waals surface area (Å²) in [5, 5.41) is 12.5. The number of benzene rings is 1. The summed E-state index contributed by atoms with van der Waals surface area (Å²) in [6.07, 6.45) is 1.49. The zero-order valence-electron chi connectivity index (χ0n) is 21.4. The highest BCUT2D eigenvalue weighted by molar-refractivity contribution is 6.29. The normalized spacial score (nSPS) is 17.5. The first-order valence-electron chi connectivity index (χ1n) is 12.1. The molecule has 10 nitrogen and oxygen atoms in total. The number of ether oxygens (including phenoxy) is 1. The lowest BCUT2D eigenvalue weighted by molar-refractivity contribution is -0.136. The number of amides is 2. The highest BCUT2D eigenvalue weighted by atomic mass is 35.5. The van der Waals surface area contributed by atoms with E-state index in [1.807, 2.05) is 30.3 Å². The molecular formula is C27H28ClN7O3. The molecule has 3 aromatic rings. The molecule has 1 aliphatic rings. The van der Waals surface area contributed by atoms with Crippen molar-refractivity contribution in [1.82, 2.24) is 30.1 Å². The topological polar surface area (TPSA) is 124 Å². The average molecular weight is 534 g/mol. The molecule has 1 N–H and O–H groups in total. The number of piperazine rings is 1. The van der Waals surface area contributed by atoms with Gasteiger partial charge >= 0.3 is 0 Å². The highest BCUT2D eigenvalue weighted by Crippen LogP contribution is 2.36. The van der Waals surface area contributed by atoms with Crippen molar-refractivity contribution < 1.29 is 14.3 Å². The van der Waals surface area contributed by atoms with Gasteiger partial charge in [0.2, 0.25) is 5.91 Å². The molecule has 2 aromatic heterocycles. The predicted octanol–water partition coefficient (Wildman–Crippen LogP) is 3.25. The van der Waals surface area contributed by atoms with Gasteiger partial charge in [-0.15, -0.1) is 0 Å². The number of carbonyl (C=O) groups is 2. The van der Waals surface area contributed by atoms with E-state index in [2.05, 4.69) is 31.2 Å². The van der Waals surface area contributed by atoms with Crippen LogP contribution in [0.1, 0.15) is 41.0 Å². The highest BCUT2D eigenvalue weighted by Gasteiger charge is 2.39. The van der Waals surface area contributed by atoms with Gasteiger partial charge in [0.05, 0.1) is 37.0 Å². The molecule has 196 valence electrons. The van der Waals surface area contributed by atoms with Gasteiger partial charge in [0.1, 0.15) is 22.9 Å². The number of nitriles is 1. The predicted molar refractivity (Wildman–Crippen MR) is 141 cm³/mol. The first kappa shape index (κ1) is 27.0. The number of nitrogens with zero attached hydrogens (tertiary/aromatic N) is 6. The van der Waals surface area contributed by atoms with Gasteiger partial charge in [0.15, 0.2) is 0 Å². The van der Waals surface area contributed by atoms with E-state index in [0.717, 1.165) is 16.9 Å². The minimum atomic E-state index is -0.446.